The first kappa shape index (κ1) is 20.6. The number of nitrogens with two attached hydrogens (primary N) is 1. The van der Waals surface area contributed by atoms with E-state index < -0.39 is 11.7 Å². The van der Waals surface area contributed by atoms with Crippen LogP contribution in [0.4, 0.5) is 13.2 Å². The minimum atomic E-state index is -4.38. The Labute approximate surface area is 166 Å². The molecular formula is C21H23F3N2OS. The molecule has 0 radical (unpaired) electrons. The zero-order chi connectivity index (χ0) is 20.3. The molecule has 3 N–H and O–H groups in total. The van der Waals surface area contributed by atoms with Gasteiger partial charge in [0.05, 0.1) is 18.4 Å². The van der Waals surface area contributed by atoms with Crippen molar-refractivity contribution in [1.29, 1.82) is 0 Å². The number of H-pyrrole nitrogens is 1. The molecule has 28 heavy (non-hydrogen) atoms. The standard InChI is InChI=1S/C21H23F3N2OS/c1-27-19-9-7-14(28-2)12-17(19)20-15(5-3-4-10-25)16-11-13(21(22,23)24)6-8-18(16)26-20/h6-9,11-12,26H,3-5,10,25H2,1-2H3. The summed E-state index contributed by atoms with van der Waals surface area (Å²) in [6.07, 6.45) is -0.143. The highest BCUT2D eigenvalue weighted by Crippen LogP contribution is 2.40. The summed E-state index contributed by atoms with van der Waals surface area (Å²) in [7, 11) is 1.59. The van der Waals surface area contributed by atoms with E-state index in [9.17, 15) is 13.2 Å². The van der Waals surface area contributed by atoms with Crippen LogP contribution in [0.15, 0.2) is 41.3 Å². The maximum Gasteiger partial charge on any atom is 0.416 e. The molecule has 150 valence electrons. The molecule has 3 aromatic rings. The SMILES string of the molecule is COc1ccc(SC)cc1-c1[nH]c2ccc(C(F)(F)F)cc2c1CCCCN. The maximum absolute atomic E-state index is 13.3. The number of thioether (sulfide) groups is 1. The van der Waals surface area contributed by atoms with Gasteiger partial charge in [-0.3, -0.25) is 0 Å². The average Bonchev–Trinajstić information content (AvgIpc) is 3.04. The molecule has 0 aliphatic heterocycles. The van der Waals surface area contributed by atoms with Crippen LogP contribution in [0.25, 0.3) is 22.2 Å². The fraction of sp³-hybridized carbons (Fsp3) is 0.333. The number of methoxy groups -OCH3 is 1. The van der Waals surface area contributed by atoms with Gasteiger partial charge in [0, 0.05) is 21.4 Å². The number of halogens is 3. The lowest BCUT2D eigenvalue weighted by Crippen LogP contribution is -2.04. The molecule has 3 rings (SSSR count). The number of hydrogen-bond acceptors (Lipinski definition) is 3. The van der Waals surface area contributed by atoms with Crippen LogP contribution in [-0.2, 0) is 12.6 Å². The van der Waals surface area contributed by atoms with Gasteiger partial charge in [0.1, 0.15) is 5.75 Å². The summed E-state index contributed by atoms with van der Waals surface area (Å²) >= 11 is 1.60. The van der Waals surface area contributed by atoms with Crippen LogP contribution in [-0.4, -0.2) is 24.9 Å². The molecule has 0 aliphatic carbocycles. The third kappa shape index (κ3) is 4.15. The quantitative estimate of drug-likeness (QED) is 0.380. The van der Waals surface area contributed by atoms with E-state index in [-0.39, 0.29) is 0 Å². The molecule has 7 heteroatoms. The summed E-state index contributed by atoms with van der Waals surface area (Å²) in [5.41, 5.74) is 8.18. The number of alkyl halides is 3. The molecule has 0 spiro atoms. The van der Waals surface area contributed by atoms with Crippen LogP contribution < -0.4 is 10.5 Å². The van der Waals surface area contributed by atoms with E-state index in [2.05, 4.69) is 4.98 Å². The third-order valence-electron chi connectivity index (χ3n) is 4.79. The second-order valence-electron chi connectivity index (χ2n) is 6.55. The van der Waals surface area contributed by atoms with Gasteiger partial charge in [0.2, 0.25) is 0 Å². The first-order chi connectivity index (χ1) is 13.4. The molecule has 0 bridgehead atoms. The molecule has 1 aromatic heterocycles. The Morgan fingerprint density at radius 3 is 2.54 bits per heavy atom. The van der Waals surface area contributed by atoms with Gasteiger partial charge in [-0.1, -0.05) is 0 Å². The Morgan fingerprint density at radius 2 is 1.89 bits per heavy atom. The van der Waals surface area contributed by atoms with Crippen LogP contribution in [0.5, 0.6) is 5.75 Å². The monoisotopic (exact) mass is 408 g/mol. The van der Waals surface area contributed by atoms with Gasteiger partial charge in [-0.15, -0.1) is 11.8 Å². The van der Waals surface area contributed by atoms with Gasteiger partial charge in [0.15, 0.2) is 0 Å². The Bertz CT molecular complexity index is 966. The lowest BCUT2D eigenvalue weighted by molar-refractivity contribution is -0.137. The molecule has 0 unspecified atom stereocenters. The first-order valence-corrected chi connectivity index (χ1v) is 10.3. The van der Waals surface area contributed by atoms with Gasteiger partial charge in [-0.2, -0.15) is 13.2 Å². The zero-order valence-corrected chi connectivity index (χ0v) is 16.6. The molecule has 1 heterocycles. The fourth-order valence-corrected chi connectivity index (χ4v) is 3.81. The molecular weight excluding hydrogens is 385 g/mol. The molecule has 2 aromatic carbocycles. The van der Waals surface area contributed by atoms with Gasteiger partial charge in [-0.05, 0) is 74.0 Å². The third-order valence-corrected chi connectivity index (χ3v) is 5.52. The smallest absolute Gasteiger partial charge is 0.416 e. The van der Waals surface area contributed by atoms with Crippen LogP contribution in [0.1, 0.15) is 24.0 Å². The lowest BCUT2D eigenvalue weighted by Gasteiger charge is -2.12. The number of ether oxygens (including phenoxy) is 1. The second kappa shape index (κ2) is 8.49. The topological polar surface area (TPSA) is 51.0 Å². The minimum Gasteiger partial charge on any atom is -0.496 e. The van der Waals surface area contributed by atoms with E-state index in [4.69, 9.17) is 10.5 Å². The fourth-order valence-electron chi connectivity index (χ4n) is 3.37. The van der Waals surface area contributed by atoms with Gasteiger partial charge < -0.3 is 15.5 Å². The largest absolute Gasteiger partial charge is 0.496 e. The van der Waals surface area contributed by atoms with Crippen LogP contribution in [0, 0.1) is 0 Å². The maximum atomic E-state index is 13.3. The van der Waals surface area contributed by atoms with E-state index in [0.29, 0.717) is 29.6 Å². The Hall–Kier alpha value is -2.12. The van der Waals surface area contributed by atoms with Crippen molar-refractivity contribution in [2.24, 2.45) is 5.73 Å². The van der Waals surface area contributed by atoms with Gasteiger partial charge in [0.25, 0.3) is 0 Å². The average molecular weight is 408 g/mol. The summed E-state index contributed by atoms with van der Waals surface area (Å²) in [5.74, 6) is 0.681. The number of hydrogen-bond donors (Lipinski definition) is 2. The number of aromatic amines is 1. The van der Waals surface area contributed by atoms with E-state index in [1.807, 2.05) is 24.5 Å². The number of fused-ring (bicyclic) bond motifs is 1. The molecule has 0 saturated carbocycles. The normalized spacial score (nSPS) is 11.9. The van der Waals surface area contributed by atoms with Crippen LogP contribution >= 0.6 is 11.8 Å². The Morgan fingerprint density at radius 1 is 1.11 bits per heavy atom. The zero-order valence-electron chi connectivity index (χ0n) is 15.8. The van der Waals surface area contributed by atoms with Crippen molar-refractivity contribution in [2.75, 3.05) is 19.9 Å². The molecule has 3 nitrogen and oxygen atoms in total. The second-order valence-corrected chi connectivity index (χ2v) is 7.43. The summed E-state index contributed by atoms with van der Waals surface area (Å²) < 4.78 is 45.3. The predicted molar refractivity (Wildman–Crippen MR) is 109 cm³/mol. The number of benzene rings is 2. The van der Waals surface area contributed by atoms with Gasteiger partial charge in [-0.25, -0.2) is 0 Å². The Kier molecular flexibility index (Phi) is 6.25. The number of aryl methyl sites for hydroxylation is 1. The lowest BCUT2D eigenvalue weighted by atomic mass is 9.98. The molecule has 0 fully saturated rings. The van der Waals surface area contributed by atoms with E-state index >= 15 is 0 Å². The number of nitrogens with one attached hydrogen (secondary N) is 1. The minimum absolute atomic E-state index is 0.552. The van der Waals surface area contributed by atoms with Crippen molar-refractivity contribution < 1.29 is 17.9 Å². The highest BCUT2D eigenvalue weighted by molar-refractivity contribution is 7.98. The van der Waals surface area contributed by atoms with Gasteiger partial charge >= 0.3 is 6.18 Å². The van der Waals surface area contributed by atoms with Crippen molar-refractivity contribution in [1.82, 2.24) is 4.98 Å². The number of rotatable bonds is 7. The summed E-state index contributed by atoms with van der Waals surface area (Å²) in [4.78, 5) is 4.38. The summed E-state index contributed by atoms with van der Waals surface area (Å²) in [6, 6.07) is 9.70. The number of unbranched alkanes of at least 4 members (excludes halogenated alkanes) is 1. The molecule has 0 amide bonds. The molecule has 0 saturated heterocycles. The highest BCUT2D eigenvalue weighted by Gasteiger charge is 2.31. The number of aromatic nitrogens is 1. The van der Waals surface area contributed by atoms with E-state index in [1.54, 1.807) is 18.9 Å². The first-order valence-electron chi connectivity index (χ1n) is 9.03. The van der Waals surface area contributed by atoms with Crippen molar-refractivity contribution in [2.45, 2.75) is 30.3 Å². The van der Waals surface area contributed by atoms with Crippen LogP contribution in [0.2, 0.25) is 0 Å². The summed E-state index contributed by atoms with van der Waals surface area (Å²) in [6.45, 7) is 0.552. The van der Waals surface area contributed by atoms with Crippen molar-refractivity contribution in [3.63, 3.8) is 0 Å². The van der Waals surface area contributed by atoms with Crippen molar-refractivity contribution >= 4 is 22.7 Å². The van der Waals surface area contributed by atoms with Crippen molar-refractivity contribution in [3.8, 4) is 17.0 Å². The van der Waals surface area contributed by atoms with E-state index in [1.165, 1.54) is 12.1 Å². The Balaban J connectivity index is 2.22. The summed E-state index contributed by atoms with van der Waals surface area (Å²) in [5, 5.41) is 0.596. The van der Waals surface area contributed by atoms with Crippen LogP contribution in [0.3, 0.4) is 0 Å². The highest BCUT2D eigenvalue weighted by atomic mass is 32.2. The van der Waals surface area contributed by atoms with E-state index in [0.717, 1.165) is 40.6 Å². The predicted octanol–water partition coefficient (Wildman–Crippen LogP) is 5.87. The molecule has 0 atom stereocenters. The van der Waals surface area contributed by atoms with Crippen molar-refractivity contribution in [3.05, 3.63) is 47.5 Å². The molecule has 0 aliphatic rings.